The molecule has 0 spiro atoms. The van der Waals surface area contributed by atoms with Crippen molar-refractivity contribution in [1.82, 2.24) is 0 Å². The smallest absolute Gasteiger partial charge is 0.0248 e. The highest BCUT2D eigenvalue weighted by Gasteiger charge is 1.80. The second kappa shape index (κ2) is 9.32. The molecule has 1 rings (SSSR count). The minimum absolute atomic E-state index is 0.990. The summed E-state index contributed by atoms with van der Waals surface area (Å²) in [5.41, 5.74) is 1.04. The van der Waals surface area contributed by atoms with E-state index in [-0.39, 0.29) is 0 Å². The summed E-state index contributed by atoms with van der Waals surface area (Å²) in [6.45, 7) is 2.20. The molecule has 17 heavy (non-hydrogen) atoms. The van der Waals surface area contributed by atoms with E-state index in [4.69, 9.17) is 0 Å². The third-order valence-corrected chi connectivity index (χ3v) is 2.25. The molecule has 0 N–H and O–H groups in total. The first-order valence-corrected chi connectivity index (χ1v) is 6.13. The van der Waals surface area contributed by atoms with E-state index < -0.39 is 0 Å². The van der Waals surface area contributed by atoms with Gasteiger partial charge < -0.3 is 0 Å². The lowest BCUT2D eigenvalue weighted by atomic mass is 10.2. The summed E-state index contributed by atoms with van der Waals surface area (Å²) in [4.78, 5) is 0. The molecule has 0 atom stereocenters. The quantitative estimate of drug-likeness (QED) is 0.531. The van der Waals surface area contributed by atoms with E-state index in [0.717, 1.165) is 12.0 Å². The molecular formula is C17H18. The Hall–Kier alpha value is -1.92. The van der Waals surface area contributed by atoms with Crippen LogP contribution in [0.25, 0.3) is 0 Å². The largest absolute Gasteiger partial charge is 0.0985 e. The minimum Gasteiger partial charge on any atom is -0.0985 e. The third-order valence-electron chi connectivity index (χ3n) is 2.25. The maximum absolute atomic E-state index is 3.11. The van der Waals surface area contributed by atoms with Crippen molar-refractivity contribution in [2.45, 2.75) is 32.6 Å². The normalized spacial score (nSPS) is 9.24. The number of allylic oxidation sites excluding steroid dienone is 2. The zero-order chi connectivity index (χ0) is 12.2. The summed E-state index contributed by atoms with van der Waals surface area (Å²) in [7, 11) is 0. The van der Waals surface area contributed by atoms with Gasteiger partial charge in [-0.05, 0) is 30.7 Å². The molecule has 0 amide bonds. The molecule has 0 fully saturated rings. The van der Waals surface area contributed by atoms with Crippen molar-refractivity contribution in [1.29, 1.82) is 0 Å². The van der Waals surface area contributed by atoms with Gasteiger partial charge in [-0.1, -0.05) is 61.6 Å². The SMILES string of the molecule is CCCCCC#C/C=C/C#Cc1ccccc1. The van der Waals surface area contributed by atoms with Crippen molar-refractivity contribution in [3.63, 3.8) is 0 Å². The molecule has 0 saturated heterocycles. The summed E-state index contributed by atoms with van der Waals surface area (Å²) in [6.07, 6.45) is 8.34. The summed E-state index contributed by atoms with van der Waals surface area (Å²) >= 11 is 0. The Morgan fingerprint density at radius 3 is 2.53 bits per heavy atom. The predicted molar refractivity (Wildman–Crippen MR) is 74.4 cm³/mol. The maximum atomic E-state index is 3.11. The fourth-order valence-electron chi connectivity index (χ4n) is 1.32. The van der Waals surface area contributed by atoms with Gasteiger partial charge in [0.05, 0.1) is 0 Å². The van der Waals surface area contributed by atoms with Gasteiger partial charge in [0, 0.05) is 12.0 Å². The predicted octanol–water partition coefficient (Wildman–Crippen LogP) is 4.18. The van der Waals surface area contributed by atoms with Crippen LogP contribution in [0.4, 0.5) is 0 Å². The number of hydrogen-bond donors (Lipinski definition) is 0. The molecular weight excluding hydrogens is 204 g/mol. The van der Waals surface area contributed by atoms with Gasteiger partial charge in [0.15, 0.2) is 0 Å². The molecule has 0 saturated carbocycles. The molecule has 0 heteroatoms. The Balaban J connectivity index is 2.29. The highest BCUT2D eigenvalue weighted by atomic mass is 13.8. The van der Waals surface area contributed by atoms with Crippen LogP contribution in [0.3, 0.4) is 0 Å². The maximum Gasteiger partial charge on any atom is 0.0248 e. The fraction of sp³-hybridized carbons (Fsp3) is 0.294. The molecule has 0 aliphatic rings. The highest BCUT2D eigenvalue weighted by molar-refractivity contribution is 5.37. The van der Waals surface area contributed by atoms with Crippen LogP contribution in [0.1, 0.15) is 38.2 Å². The molecule has 0 heterocycles. The first-order valence-electron chi connectivity index (χ1n) is 6.13. The van der Waals surface area contributed by atoms with Crippen molar-refractivity contribution < 1.29 is 0 Å². The van der Waals surface area contributed by atoms with Crippen molar-refractivity contribution >= 4 is 0 Å². The highest BCUT2D eigenvalue weighted by Crippen LogP contribution is 1.96. The molecule has 0 aromatic heterocycles. The first-order chi connectivity index (χ1) is 8.43. The van der Waals surface area contributed by atoms with Crippen LogP contribution < -0.4 is 0 Å². The Kier molecular flexibility index (Phi) is 7.20. The molecule has 86 valence electrons. The first kappa shape index (κ1) is 13.1. The van der Waals surface area contributed by atoms with Gasteiger partial charge in [-0.3, -0.25) is 0 Å². The Morgan fingerprint density at radius 1 is 1.00 bits per heavy atom. The Morgan fingerprint density at radius 2 is 1.76 bits per heavy atom. The van der Waals surface area contributed by atoms with Crippen LogP contribution in [-0.2, 0) is 0 Å². The van der Waals surface area contributed by atoms with E-state index in [9.17, 15) is 0 Å². The van der Waals surface area contributed by atoms with Crippen molar-refractivity contribution in [2.75, 3.05) is 0 Å². The van der Waals surface area contributed by atoms with Crippen molar-refractivity contribution in [3.8, 4) is 23.7 Å². The van der Waals surface area contributed by atoms with E-state index in [0.29, 0.717) is 0 Å². The van der Waals surface area contributed by atoms with Gasteiger partial charge in [-0.2, -0.15) is 0 Å². The summed E-state index contributed by atoms with van der Waals surface area (Å²) < 4.78 is 0. The Bertz CT molecular complexity index is 444. The fourth-order valence-corrected chi connectivity index (χ4v) is 1.32. The summed E-state index contributed by atoms with van der Waals surface area (Å²) in [5, 5.41) is 0. The molecule has 0 bridgehead atoms. The van der Waals surface area contributed by atoms with Gasteiger partial charge in [0.1, 0.15) is 0 Å². The molecule has 1 aromatic carbocycles. The van der Waals surface area contributed by atoms with Crippen LogP contribution in [0.15, 0.2) is 42.5 Å². The van der Waals surface area contributed by atoms with Crippen molar-refractivity contribution in [2.24, 2.45) is 0 Å². The van der Waals surface area contributed by atoms with Gasteiger partial charge in [0.2, 0.25) is 0 Å². The number of benzene rings is 1. The summed E-state index contributed by atoms with van der Waals surface area (Å²) in [5.74, 6) is 12.1. The van der Waals surface area contributed by atoms with E-state index >= 15 is 0 Å². The van der Waals surface area contributed by atoms with E-state index in [1.54, 1.807) is 6.08 Å². The van der Waals surface area contributed by atoms with Crippen molar-refractivity contribution in [3.05, 3.63) is 48.0 Å². The topological polar surface area (TPSA) is 0 Å². The zero-order valence-corrected chi connectivity index (χ0v) is 10.4. The second-order valence-electron chi connectivity index (χ2n) is 3.75. The molecule has 0 unspecified atom stereocenters. The molecule has 0 nitrogen and oxygen atoms in total. The van der Waals surface area contributed by atoms with Gasteiger partial charge in [-0.15, -0.1) is 0 Å². The van der Waals surface area contributed by atoms with E-state index in [2.05, 4.69) is 30.6 Å². The lowest BCUT2D eigenvalue weighted by molar-refractivity contribution is 0.737. The molecule has 1 aromatic rings. The second-order valence-corrected chi connectivity index (χ2v) is 3.75. The van der Waals surface area contributed by atoms with Gasteiger partial charge in [0.25, 0.3) is 0 Å². The lowest BCUT2D eigenvalue weighted by Gasteiger charge is -1.87. The number of unbranched alkanes of at least 4 members (excludes halogenated alkanes) is 3. The van der Waals surface area contributed by atoms with Gasteiger partial charge in [-0.25, -0.2) is 0 Å². The lowest BCUT2D eigenvalue weighted by Crippen LogP contribution is -1.70. The summed E-state index contributed by atoms with van der Waals surface area (Å²) in [6, 6.07) is 9.96. The molecule has 0 aliphatic heterocycles. The number of rotatable bonds is 3. The standard InChI is InChI=1S/C17H18/c1-2-3-4-5-6-7-8-9-11-14-17-15-12-10-13-16-17/h8-10,12-13,15-16H,2-5H2,1H3/b9-8+. The molecule has 0 aliphatic carbocycles. The van der Waals surface area contributed by atoms with Gasteiger partial charge >= 0.3 is 0 Å². The van der Waals surface area contributed by atoms with E-state index in [1.807, 2.05) is 36.4 Å². The molecule has 0 radical (unpaired) electrons. The van der Waals surface area contributed by atoms with Crippen LogP contribution in [0.5, 0.6) is 0 Å². The van der Waals surface area contributed by atoms with Crippen LogP contribution in [0.2, 0.25) is 0 Å². The monoisotopic (exact) mass is 222 g/mol. The van der Waals surface area contributed by atoms with Crippen LogP contribution in [-0.4, -0.2) is 0 Å². The van der Waals surface area contributed by atoms with E-state index in [1.165, 1.54) is 19.3 Å². The zero-order valence-electron chi connectivity index (χ0n) is 10.4. The minimum atomic E-state index is 0.990. The average Bonchev–Trinajstić information content (AvgIpc) is 2.38. The number of hydrogen-bond acceptors (Lipinski definition) is 0. The third kappa shape index (κ3) is 7.04. The van der Waals surface area contributed by atoms with Crippen LogP contribution in [0, 0.1) is 23.7 Å². The van der Waals surface area contributed by atoms with Crippen LogP contribution >= 0.6 is 0 Å². The Labute approximate surface area is 105 Å². The average molecular weight is 222 g/mol.